The number of hydrogen-bond acceptors (Lipinski definition) is 5. The Balaban J connectivity index is 1.40. The minimum absolute atomic E-state index is 0.0828. The number of nitrogens with zero attached hydrogens (tertiary/aromatic N) is 3. The first kappa shape index (κ1) is 18.2. The lowest BCUT2D eigenvalue weighted by Gasteiger charge is -2.53. The van der Waals surface area contributed by atoms with Crippen LogP contribution in [0.15, 0.2) is 35.5 Å². The number of rotatable bonds is 4. The van der Waals surface area contributed by atoms with Crippen molar-refractivity contribution in [2.45, 2.75) is 30.8 Å². The molecule has 1 aromatic carbocycles. The minimum atomic E-state index is -3.32. The number of piperidine rings is 1. The highest BCUT2D eigenvalue weighted by Crippen LogP contribution is 2.34. The number of imidazole rings is 1. The second-order valence-corrected chi connectivity index (χ2v) is 9.59. The molecule has 0 radical (unpaired) electrons. The first-order valence-electron chi connectivity index (χ1n) is 9.15. The molecule has 2 saturated heterocycles. The number of nitrogens with one attached hydrogen (secondary N) is 1. The number of carbonyl (C=O) groups excluding carboxylic acids is 1. The van der Waals surface area contributed by atoms with Crippen LogP contribution in [0.2, 0.25) is 0 Å². The molecule has 3 heterocycles. The smallest absolute Gasteiger partial charge is 0.253 e. The van der Waals surface area contributed by atoms with E-state index in [4.69, 9.17) is 0 Å². The van der Waals surface area contributed by atoms with E-state index in [2.05, 4.69) is 14.9 Å². The average molecular weight is 388 g/mol. The zero-order valence-electron chi connectivity index (χ0n) is 15.6. The van der Waals surface area contributed by atoms with Crippen molar-refractivity contribution in [2.75, 3.05) is 25.9 Å². The van der Waals surface area contributed by atoms with Gasteiger partial charge in [-0.3, -0.25) is 9.69 Å². The first-order valence-corrected chi connectivity index (χ1v) is 11.0. The molecule has 0 bridgehead atoms. The predicted molar refractivity (Wildman–Crippen MR) is 101 cm³/mol. The summed E-state index contributed by atoms with van der Waals surface area (Å²) in [5.74, 6) is 0.389. The van der Waals surface area contributed by atoms with E-state index in [1.807, 2.05) is 11.8 Å². The van der Waals surface area contributed by atoms with Gasteiger partial charge in [0.15, 0.2) is 9.84 Å². The van der Waals surface area contributed by atoms with E-state index in [-0.39, 0.29) is 10.8 Å². The van der Waals surface area contributed by atoms with Crippen LogP contribution in [0.1, 0.15) is 28.2 Å². The summed E-state index contributed by atoms with van der Waals surface area (Å²) in [6, 6.07) is 6.83. The molecule has 144 valence electrons. The summed E-state index contributed by atoms with van der Waals surface area (Å²) in [7, 11) is -3.32. The summed E-state index contributed by atoms with van der Waals surface area (Å²) in [4.78, 5) is 24.8. The second-order valence-electron chi connectivity index (χ2n) is 7.57. The van der Waals surface area contributed by atoms with Gasteiger partial charge < -0.3 is 9.88 Å². The van der Waals surface area contributed by atoms with Crippen LogP contribution < -0.4 is 0 Å². The van der Waals surface area contributed by atoms with Crippen molar-refractivity contribution >= 4 is 15.7 Å². The quantitative estimate of drug-likeness (QED) is 0.857. The molecule has 2 aliphatic rings. The minimum Gasteiger partial charge on any atom is -0.348 e. The molecule has 0 unspecified atom stereocenters. The van der Waals surface area contributed by atoms with E-state index >= 15 is 0 Å². The normalized spacial score (nSPS) is 23.0. The Morgan fingerprint density at radius 1 is 1.33 bits per heavy atom. The van der Waals surface area contributed by atoms with Crippen molar-refractivity contribution in [3.8, 4) is 0 Å². The fraction of sp³-hybridized carbons (Fsp3) is 0.474. The van der Waals surface area contributed by atoms with E-state index in [9.17, 15) is 13.2 Å². The molecule has 1 aromatic heterocycles. The van der Waals surface area contributed by atoms with Crippen LogP contribution in [-0.2, 0) is 16.4 Å². The van der Waals surface area contributed by atoms with Crippen LogP contribution in [0.3, 0.4) is 0 Å². The molecule has 2 aliphatic heterocycles. The zero-order chi connectivity index (χ0) is 19.2. The Kier molecular flexibility index (Phi) is 4.55. The summed E-state index contributed by atoms with van der Waals surface area (Å²) in [5.41, 5.74) is 2.64. The van der Waals surface area contributed by atoms with Crippen molar-refractivity contribution in [1.82, 2.24) is 19.8 Å². The number of aromatic nitrogens is 2. The molecule has 7 nitrogen and oxygen atoms in total. The van der Waals surface area contributed by atoms with Crippen LogP contribution in [0, 0.1) is 12.8 Å². The molecular formula is C19H24N4O3S. The van der Waals surface area contributed by atoms with E-state index in [1.165, 1.54) is 12.1 Å². The number of aromatic amines is 1. The third-order valence-corrected chi connectivity index (χ3v) is 6.83. The monoisotopic (exact) mass is 388 g/mol. The van der Waals surface area contributed by atoms with Gasteiger partial charge in [0.05, 0.1) is 16.9 Å². The van der Waals surface area contributed by atoms with Gasteiger partial charge in [0.2, 0.25) is 0 Å². The second kappa shape index (κ2) is 6.76. The Bertz CT molecular complexity index is 969. The van der Waals surface area contributed by atoms with Gasteiger partial charge in [-0.2, -0.15) is 0 Å². The topological polar surface area (TPSA) is 86.4 Å². The Morgan fingerprint density at radius 2 is 2.15 bits per heavy atom. The van der Waals surface area contributed by atoms with Gasteiger partial charge in [-0.05, 0) is 31.5 Å². The lowest BCUT2D eigenvalue weighted by atomic mass is 9.82. The Hall–Kier alpha value is -2.19. The first-order chi connectivity index (χ1) is 12.8. The summed E-state index contributed by atoms with van der Waals surface area (Å²) in [6.07, 6.45) is 3.82. The standard InChI is InChI=1S/C19H24N4O3S/c1-13-17(21-12-20-13)11-23-10-15-9-22(7-6-18(15)23)19(24)14-4-3-5-16(8-14)27(2,25)26/h3-5,8,12,15,18H,6-7,9-11H2,1-2H3,(H,20,21)/t15-,18-/m0/s1. The maximum absolute atomic E-state index is 12.8. The fourth-order valence-electron chi connectivity index (χ4n) is 4.13. The molecule has 1 amide bonds. The van der Waals surface area contributed by atoms with Crippen LogP contribution in [0.5, 0.6) is 0 Å². The summed E-state index contributed by atoms with van der Waals surface area (Å²) in [5, 5.41) is 0. The Morgan fingerprint density at radius 3 is 2.81 bits per heavy atom. The summed E-state index contributed by atoms with van der Waals surface area (Å²) >= 11 is 0. The van der Waals surface area contributed by atoms with Crippen molar-refractivity contribution in [2.24, 2.45) is 5.92 Å². The van der Waals surface area contributed by atoms with E-state index in [0.29, 0.717) is 24.1 Å². The molecule has 8 heteroatoms. The molecule has 27 heavy (non-hydrogen) atoms. The number of amides is 1. The number of H-pyrrole nitrogens is 1. The van der Waals surface area contributed by atoms with Crippen LogP contribution in [0.4, 0.5) is 0 Å². The maximum Gasteiger partial charge on any atom is 0.253 e. The van der Waals surface area contributed by atoms with E-state index in [1.54, 1.807) is 18.5 Å². The van der Waals surface area contributed by atoms with Gasteiger partial charge >= 0.3 is 0 Å². The molecule has 2 atom stereocenters. The van der Waals surface area contributed by atoms with E-state index < -0.39 is 9.84 Å². The Labute approximate surface area is 159 Å². The number of fused-ring (bicyclic) bond motifs is 1. The van der Waals surface area contributed by atoms with Crippen LogP contribution in [-0.4, -0.2) is 66.0 Å². The molecule has 1 N–H and O–H groups in total. The number of sulfone groups is 1. The highest BCUT2D eigenvalue weighted by molar-refractivity contribution is 7.90. The lowest BCUT2D eigenvalue weighted by molar-refractivity contribution is -0.0428. The van der Waals surface area contributed by atoms with Crippen LogP contribution in [0.25, 0.3) is 0 Å². The number of likely N-dealkylation sites (tertiary alicyclic amines) is 2. The van der Waals surface area contributed by atoms with Crippen molar-refractivity contribution in [3.05, 3.63) is 47.5 Å². The zero-order valence-corrected chi connectivity index (χ0v) is 16.4. The number of hydrogen-bond donors (Lipinski definition) is 1. The largest absolute Gasteiger partial charge is 0.348 e. The molecule has 4 rings (SSSR count). The molecular weight excluding hydrogens is 364 g/mol. The fourth-order valence-corrected chi connectivity index (χ4v) is 4.79. The summed E-state index contributed by atoms with van der Waals surface area (Å²) < 4.78 is 23.5. The molecule has 2 fully saturated rings. The van der Waals surface area contributed by atoms with Gasteiger partial charge in [0.1, 0.15) is 0 Å². The number of carbonyl (C=O) groups is 1. The highest BCUT2D eigenvalue weighted by Gasteiger charge is 2.43. The van der Waals surface area contributed by atoms with E-state index in [0.717, 1.165) is 43.7 Å². The van der Waals surface area contributed by atoms with Crippen molar-refractivity contribution in [3.63, 3.8) is 0 Å². The van der Waals surface area contributed by atoms with Crippen molar-refractivity contribution in [1.29, 1.82) is 0 Å². The highest BCUT2D eigenvalue weighted by atomic mass is 32.2. The number of aryl methyl sites for hydroxylation is 1. The third kappa shape index (κ3) is 3.51. The van der Waals surface area contributed by atoms with Gasteiger partial charge in [-0.25, -0.2) is 13.4 Å². The molecule has 0 spiro atoms. The maximum atomic E-state index is 12.8. The van der Waals surface area contributed by atoms with Crippen LogP contribution >= 0.6 is 0 Å². The van der Waals surface area contributed by atoms with Gasteiger partial charge in [-0.1, -0.05) is 6.07 Å². The summed E-state index contributed by atoms with van der Waals surface area (Å²) in [6.45, 7) is 5.26. The third-order valence-electron chi connectivity index (χ3n) is 5.72. The average Bonchev–Trinajstić information content (AvgIpc) is 3.03. The van der Waals surface area contributed by atoms with Gasteiger partial charge in [0.25, 0.3) is 5.91 Å². The van der Waals surface area contributed by atoms with Gasteiger partial charge in [0, 0.05) is 55.7 Å². The molecule has 0 saturated carbocycles. The predicted octanol–water partition coefficient (Wildman–Crippen LogP) is 1.47. The number of benzene rings is 1. The lowest BCUT2D eigenvalue weighted by Crippen LogP contribution is -2.63. The van der Waals surface area contributed by atoms with Crippen molar-refractivity contribution < 1.29 is 13.2 Å². The van der Waals surface area contributed by atoms with Gasteiger partial charge in [-0.15, -0.1) is 0 Å². The molecule has 0 aliphatic carbocycles. The SMILES string of the molecule is Cc1[nH]cnc1CN1C[C@@H]2CN(C(=O)c3cccc(S(C)(=O)=O)c3)CC[C@@H]21. The molecule has 2 aromatic rings.